The third kappa shape index (κ3) is 1.96. The summed E-state index contributed by atoms with van der Waals surface area (Å²) in [6.07, 6.45) is -0.391. The molecule has 126 valence electrons. The van der Waals surface area contributed by atoms with Crippen molar-refractivity contribution in [2.45, 2.75) is 31.9 Å². The first-order valence-corrected chi connectivity index (χ1v) is 7.72. The van der Waals surface area contributed by atoms with Gasteiger partial charge in [-0.15, -0.1) is 0 Å². The topological polar surface area (TPSA) is 81.0 Å². The molecule has 2 atom stereocenters. The van der Waals surface area contributed by atoms with Gasteiger partial charge in [0.15, 0.2) is 11.4 Å². The zero-order valence-electron chi connectivity index (χ0n) is 13.9. The molecular weight excluding hydrogens is 300 g/mol. The van der Waals surface area contributed by atoms with Crippen molar-refractivity contribution in [3.63, 3.8) is 0 Å². The van der Waals surface area contributed by atoms with Crippen molar-refractivity contribution < 1.29 is 19.4 Å². The van der Waals surface area contributed by atoms with E-state index in [2.05, 4.69) is 0 Å². The summed E-state index contributed by atoms with van der Waals surface area (Å²) in [6, 6.07) is 0. The average molecular weight is 322 g/mol. The summed E-state index contributed by atoms with van der Waals surface area (Å²) in [5, 5.41) is 10.6. The van der Waals surface area contributed by atoms with Gasteiger partial charge in [0, 0.05) is 32.2 Å². The van der Waals surface area contributed by atoms with E-state index in [1.807, 2.05) is 6.92 Å². The summed E-state index contributed by atoms with van der Waals surface area (Å²) in [6.45, 7) is 4.86. The number of hydrogen-bond donors (Lipinski definition) is 1. The summed E-state index contributed by atoms with van der Waals surface area (Å²) in [5.74, 6) is -0.201. The molecule has 23 heavy (non-hydrogen) atoms. The van der Waals surface area contributed by atoms with Crippen LogP contribution in [-0.4, -0.2) is 54.4 Å². The van der Waals surface area contributed by atoms with Crippen molar-refractivity contribution in [2.24, 2.45) is 0 Å². The van der Waals surface area contributed by atoms with Crippen molar-refractivity contribution >= 4 is 5.91 Å². The molecule has 2 aliphatic heterocycles. The Morgan fingerprint density at radius 1 is 1.35 bits per heavy atom. The number of aliphatic hydroxyl groups is 1. The highest BCUT2D eigenvalue weighted by Crippen LogP contribution is 2.46. The highest BCUT2D eigenvalue weighted by atomic mass is 16.5. The maximum atomic E-state index is 12.8. The van der Waals surface area contributed by atoms with Crippen LogP contribution >= 0.6 is 0 Å². The van der Waals surface area contributed by atoms with Gasteiger partial charge >= 0.3 is 0 Å². The number of hydrogen-bond acceptors (Lipinski definition) is 5. The Balaban J connectivity index is 2.41. The minimum atomic E-state index is -0.799. The average Bonchev–Trinajstić information content (AvgIpc) is 2.80. The predicted molar refractivity (Wildman–Crippen MR) is 83.0 cm³/mol. The molecule has 2 unspecified atom stereocenters. The molecule has 0 bridgehead atoms. The van der Waals surface area contributed by atoms with Crippen molar-refractivity contribution in [1.82, 2.24) is 9.47 Å². The molecule has 3 heterocycles. The maximum absolute atomic E-state index is 12.8. The lowest BCUT2D eigenvalue weighted by Gasteiger charge is -2.42. The van der Waals surface area contributed by atoms with E-state index in [1.165, 1.54) is 7.11 Å². The monoisotopic (exact) mass is 322 g/mol. The Labute approximate surface area is 134 Å². The lowest BCUT2D eigenvalue weighted by molar-refractivity contribution is 0.0214. The van der Waals surface area contributed by atoms with Crippen LogP contribution in [0.2, 0.25) is 0 Å². The van der Waals surface area contributed by atoms with E-state index < -0.39 is 11.6 Å². The molecule has 0 fully saturated rings. The second-order valence-electron chi connectivity index (χ2n) is 6.25. The lowest BCUT2D eigenvalue weighted by Crippen LogP contribution is -2.55. The van der Waals surface area contributed by atoms with E-state index >= 15 is 0 Å². The first-order valence-electron chi connectivity index (χ1n) is 7.72. The van der Waals surface area contributed by atoms with Crippen LogP contribution in [0, 0.1) is 6.92 Å². The minimum Gasteiger partial charge on any atom is -0.491 e. The molecule has 1 aromatic heterocycles. The van der Waals surface area contributed by atoms with Crippen LogP contribution in [0.15, 0.2) is 4.79 Å². The number of rotatable bonds is 4. The van der Waals surface area contributed by atoms with Crippen molar-refractivity contribution in [1.29, 1.82) is 0 Å². The number of carbonyl (C=O) groups is 1. The molecule has 2 aliphatic rings. The molecule has 0 saturated heterocycles. The normalized spacial score (nSPS) is 25.7. The number of amides is 1. The molecular formula is C16H22N2O5. The maximum Gasteiger partial charge on any atom is 0.274 e. The van der Waals surface area contributed by atoms with Crippen LogP contribution in [0.1, 0.15) is 41.2 Å². The van der Waals surface area contributed by atoms with Gasteiger partial charge in [-0.2, -0.15) is 0 Å². The number of aromatic nitrogens is 1. The number of nitrogens with zero attached hydrogens (tertiary/aromatic N) is 2. The smallest absolute Gasteiger partial charge is 0.274 e. The summed E-state index contributed by atoms with van der Waals surface area (Å²) in [5.41, 5.74) is 0.238. The molecule has 3 rings (SSSR count). The van der Waals surface area contributed by atoms with Gasteiger partial charge in [-0.1, -0.05) is 0 Å². The summed E-state index contributed by atoms with van der Waals surface area (Å²) < 4.78 is 12.5. The second-order valence-corrected chi connectivity index (χ2v) is 6.25. The Morgan fingerprint density at radius 3 is 2.61 bits per heavy atom. The van der Waals surface area contributed by atoms with Gasteiger partial charge in [-0.25, -0.2) is 0 Å². The fraction of sp³-hybridized carbons (Fsp3) is 0.625. The third-order valence-corrected chi connectivity index (χ3v) is 4.95. The van der Waals surface area contributed by atoms with E-state index in [0.717, 1.165) is 0 Å². The van der Waals surface area contributed by atoms with Crippen LogP contribution in [0.25, 0.3) is 0 Å². The Morgan fingerprint density at radius 2 is 2.04 bits per heavy atom. The van der Waals surface area contributed by atoms with Crippen LogP contribution in [0.3, 0.4) is 0 Å². The first kappa shape index (κ1) is 16.0. The molecule has 0 spiro atoms. The SMILES string of the molecule is CCN1CC2(COC)CC(O)c3c(C)c(=O)c(OC)c(n32)C1=O. The molecule has 1 amide bonds. The van der Waals surface area contributed by atoms with Crippen molar-refractivity contribution in [3.8, 4) is 5.75 Å². The summed E-state index contributed by atoms with van der Waals surface area (Å²) >= 11 is 0. The number of aliphatic hydroxyl groups excluding tert-OH is 1. The van der Waals surface area contributed by atoms with Gasteiger partial charge < -0.3 is 24.0 Å². The van der Waals surface area contributed by atoms with Gasteiger partial charge in [-0.05, 0) is 13.8 Å². The Hall–Kier alpha value is -1.86. The molecule has 0 saturated carbocycles. The van der Waals surface area contributed by atoms with Gasteiger partial charge in [0.2, 0.25) is 5.43 Å². The zero-order valence-corrected chi connectivity index (χ0v) is 13.9. The highest BCUT2D eigenvalue weighted by molar-refractivity contribution is 5.96. The lowest BCUT2D eigenvalue weighted by atomic mass is 9.93. The minimum absolute atomic E-state index is 0.0454. The largest absolute Gasteiger partial charge is 0.491 e. The fourth-order valence-electron chi connectivity index (χ4n) is 4.01. The van der Waals surface area contributed by atoms with Crippen LogP contribution in [0.4, 0.5) is 0 Å². The van der Waals surface area contributed by atoms with E-state index in [9.17, 15) is 14.7 Å². The molecule has 1 aromatic rings. The fourth-order valence-corrected chi connectivity index (χ4v) is 4.01. The quantitative estimate of drug-likeness (QED) is 0.869. The van der Waals surface area contributed by atoms with E-state index in [1.54, 1.807) is 23.5 Å². The number of likely N-dealkylation sites (N-methyl/N-ethyl adjacent to an activating group) is 1. The molecule has 0 aliphatic carbocycles. The molecule has 0 aromatic carbocycles. The molecule has 7 nitrogen and oxygen atoms in total. The second kappa shape index (κ2) is 5.35. The van der Waals surface area contributed by atoms with Gasteiger partial charge in [0.05, 0.1) is 31.1 Å². The van der Waals surface area contributed by atoms with E-state index in [0.29, 0.717) is 37.4 Å². The van der Waals surface area contributed by atoms with Gasteiger partial charge in [0.1, 0.15) is 0 Å². The van der Waals surface area contributed by atoms with Crippen molar-refractivity contribution in [3.05, 3.63) is 27.2 Å². The first-order chi connectivity index (χ1) is 10.9. The molecule has 0 radical (unpaired) electrons. The molecule has 7 heteroatoms. The van der Waals surface area contributed by atoms with E-state index in [-0.39, 0.29) is 22.8 Å². The van der Waals surface area contributed by atoms with Crippen LogP contribution in [-0.2, 0) is 10.3 Å². The summed E-state index contributed by atoms with van der Waals surface area (Å²) in [4.78, 5) is 27.1. The number of methoxy groups -OCH3 is 2. The van der Waals surface area contributed by atoms with E-state index in [4.69, 9.17) is 9.47 Å². The number of pyridine rings is 1. The summed E-state index contributed by atoms with van der Waals surface area (Å²) in [7, 11) is 2.99. The van der Waals surface area contributed by atoms with Gasteiger partial charge in [0.25, 0.3) is 5.91 Å². The third-order valence-electron chi connectivity index (χ3n) is 4.95. The van der Waals surface area contributed by atoms with Crippen molar-refractivity contribution in [2.75, 3.05) is 33.9 Å². The number of carbonyl (C=O) groups excluding carboxylic acids is 1. The predicted octanol–water partition coefficient (Wildman–Crippen LogP) is 0.420. The number of ether oxygens (including phenoxy) is 2. The zero-order chi connectivity index (χ0) is 16.9. The van der Waals surface area contributed by atoms with Gasteiger partial charge in [-0.3, -0.25) is 9.59 Å². The molecule has 1 N–H and O–H groups in total. The van der Waals surface area contributed by atoms with Crippen LogP contribution < -0.4 is 10.2 Å². The van der Waals surface area contributed by atoms with Crippen LogP contribution in [0.5, 0.6) is 5.75 Å². The standard InChI is InChI=1S/C16H22N2O5/c1-5-17-7-16(8-22-3)6-10(19)11-9(2)13(20)14(23-4)12(15(17)21)18(11)16/h10,19H,5-8H2,1-4H3. The Bertz CT molecular complexity index is 726. The Kier molecular flexibility index (Phi) is 3.72. The highest BCUT2D eigenvalue weighted by Gasteiger charge is 2.52.